The zero-order valence-electron chi connectivity index (χ0n) is 12.5. The van der Waals surface area contributed by atoms with Crippen molar-refractivity contribution in [2.75, 3.05) is 6.54 Å². The third-order valence-electron chi connectivity index (χ3n) is 3.03. The van der Waals surface area contributed by atoms with Gasteiger partial charge in [-0.25, -0.2) is 22.3 Å². The van der Waals surface area contributed by atoms with Gasteiger partial charge in [-0.15, -0.1) is 0 Å². The van der Waals surface area contributed by atoms with E-state index in [1.807, 2.05) is 0 Å². The summed E-state index contributed by atoms with van der Waals surface area (Å²) in [5, 5.41) is 0. The number of benzene rings is 2. The van der Waals surface area contributed by atoms with Crippen molar-refractivity contribution in [2.24, 2.45) is 0 Å². The van der Waals surface area contributed by atoms with Crippen LogP contribution in [0.4, 0.5) is 4.39 Å². The second kappa shape index (κ2) is 7.34. The van der Waals surface area contributed by atoms with Gasteiger partial charge >= 0.3 is 5.97 Å². The molecule has 122 valence electrons. The van der Waals surface area contributed by atoms with Gasteiger partial charge < -0.3 is 4.74 Å². The number of esters is 1. The minimum Gasteiger partial charge on any atom is -0.457 e. The fraction of sp³-hybridized carbons (Fsp3) is 0.188. The molecule has 0 aliphatic heterocycles. The Morgan fingerprint density at radius 3 is 2.61 bits per heavy atom. The third-order valence-corrected chi connectivity index (χ3v) is 4.57. The Labute approximate surface area is 134 Å². The molecule has 1 N–H and O–H groups in total. The minimum absolute atomic E-state index is 0.0281. The van der Waals surface area contributed by atoms with Gasteiger partial charge in [-0.05, 0) is 24.3 Å². The van der Waals surface area contributed by atoms with Crippen LogP contribution >= 0.6 is 0 Å². The molecule has 2 rings (SSSR count). The number of halogens is 1. The largest absolute Gasteiger partial charge is 0.457 e. The van der Waals surface area contributed by atoms with Crippen LogP contribution in [-0.4, -0.2) is 20.9 Å². The molecule has 0 spiro atoms. The van der Waals surface area contributed by atoms with E-state index in [0.29, 0.717) is 0 Å². The van der Waals surface area contributed by atoms with Crippen LogP contribution < -0.4 is 4.72 Å². The van der Waals surface area contributed by atoms with Crippen molar-refractivity contribution in [2.45, 2.75) is 18.4 Å². The summed E-state index contributed by atoms with van der Waals surface area (Å²) in [4.78, 5) is 12.0. The lowest BCUT2D eigenvalue weighted by molar-refractivity contribution is 0.0468. The smallest absolute Gasteiger partial charge is 0.338 e. The maximum absolute atomic E-state index is 13.5. The van der Waals surface area contributed by atoms with Crippen LogP contribution in [0.25, 0.3) is 0 Å². The molecule has 0 unspecified atom stereocenters. The van der Waals surface area contributed by atoms with Gasteiger partial charge in [0.1, 0.15) is 12.4 Å². The van der Waals surface area contributed by atoms with Gasteiger partial charge in [0.15, 0.2) is 0 Å². The summed E-state index contributed by atoms with van der Waals surface area (Å²) in [6.07, 6.45) is 0. The van der Waals surface area contributed by atoms with Crippen molar-refractivity contribution >= 4 is 16.0 Å². The van der Waals surface area contributed by atoms with Crippen molar-refractivity contribution in [3.8, 4) is 0 Å². The van der Waals surface area contributed by atoms with Crippen molar-refractivity contribution in [3.05, 3.63) is 65.5 Å². The van der Waals surface area contributed by atoms with E-state index in [1.54, 1.807) is 13.0 Å². The van der Waals surface area contributed by atoms with E-state index in [0.717, 1.165) is 0 Å². The average molecular weight is 337 g/mol. The second-order valence-corrected chi connectivity index (χ2v) is 6.46. The van der Waals surface area contributed by atoms with Gasteiger partial charge in [0.05, 0.1) is 10.5 Å². The number of ether oxygens (including phenoxy) is 1. The number of carbonyl (C=O) groups excluding carboxylic acids is 1. The fourth-order valence-corrected chi connectivity index (χ4v) is 2.99. The average Bonchev–Trinajstić information content (AvgIpc) is 2.54. The second-order valence-electron chi connectivity index (χ2n) is 4.70. The van der Waals surface area contributed by atoms with Crippen molar-refractivity contribution < 1.29 is 22.3 Å². The Hall–Kier alpha value is -2.25. The topological polar surface area (TPSA) is 72.5 Å². The van der Waals surface area contributed by atoms with Crippen LogP contribution in [0.15, 0.2) is 53.4 Å². The van der Waals surface area contributed by atoms with E-state index < -0.39 is 21.8 Å². The Balaban J connectivity index is 2.13. The summed E-state index contributed by atoms with van der Waals surface area (Å²) in [7, 11) is -3.66. The summed E-state index contributed by atoms with van der Waals surface area (Å²) < 4.78 is 44.7. The van der Waals surface area contributed by atoms with Gasteiger partial charge in [0.25, 0.3) is 0 Å². The Bertz CT molecular complexity index is 805. The highest BCUT2D eigenvalue weighted by Gasteiger charge is 2.16. The molecule has 0 saturated heterocycles. The van der Waals surface area contributed by atoms with Gasteiger partial charge in [-0.2, -0.15) is 0 Å². The van der Waals surface area contributed by atoms with Gasteiger partial charge in [0.2, 0.25) is 10.0 Å². The predicted molar refractivity (Wildman–Crippen MR) is 82.8 cm³/mol. The van der Waals surface area contributed by atoms with Gasteiger partial charge in [0, 0.05) is 12.1 Å². The Morgan fingerprint density at radius 2 is 1.91 bits per heavy atom. The van der Waals surface area contributed by atoms with E-state index in [4.69, 9.17) is 4.74 Å². The first-order valence-electron chi connectivity index (χ1n) is 6.94. The molecule has 0 aromatic heterocycles. The molecule has 0 bridgehead atoms. The molecule has 2 aromatic carbocycles. The maximum Gasteiger partial charge on any atom is 0.338 e. The van der Waals surface area contributed by atoms with Crippen molar-refractivity contribution in [1.82, 2.24) is 4.72 Å². The van der Waals surface area contributed by atoms with E-state index in [-0.39, 0.29) is 29.2 Å². The van der Waals surface area contributed by atoms with Gasteiger partial charge in [-0.3, -0.25) is 0 Å². The summed E-state index contributed by atoms with van der Waals surface area (Å²) in [6, 6.07) is 11.4. The number of hydrogen-bond acceptors (Lipinski definition) is 4. The number of rotatable bonds is 6. The Morgan fingerprint density at radius 1 is 1.17 bits per heavy atom. The standard InChI is InChI=1S/C16H16FNO4S/c1-2-18-23(20,21)14-8-5-7-12(10-14)16(19)22-11-13-6-3-4-9-15(13)17/h3-10,18H,2,11H2,1H3. The first-order valence-corrected chi connectivity index (χ1v) is 8.42. The molecule has 5 nitrogen and oxygen atoms in total. The molecule has 7 heteroatoms. The van der Waals surface area contributed by atoms with E-state index in [1.165, 1.54) is 42.5 Å². The predicted octanol–water partition coefficient (Wildman–Crippen LogP) is 2.48. The first-order chi connectivity index (χ1) is 10.9. The van der Waals surface area contributed by atoms with Crippen LogP contribution in [0, 0.1) is 5.82 Å². The van der Waals surface area contributed by atoms with Crippen molar-refractivity contribution in [1.29, 1.82) is 0 Å². The zero-order valence-corrected chi connectivity index (χ0v) is 13.3. The molecule has 23 heavy (non-hydrogen) atoms. The van der Waals surface area contributed by atoms with E-state index >= 15 is 0 Å². The van der Waals surface area contributed by atoms with E-state index in [2.05, 4.69) is 4.72 Å². The Kier molecular flexibility index (Phi) is 5.46. The quantitative estimate of drug-likeness (QED) is 0.822. The molecule has 0 saturated carbocycles. The molecule has 0 amide bonds. The highest BCUT2D eigenvalue weighted by molar-refractivity contribution is 7.89. The number of carbonyl (C=O) groups is 1. The number of hydrogen-bond donors (Lipinski definition) is 1. The minimum atomic E-state index is -3.66. The molecule has 0 radical (unpaired) electrons. The maximum atomic E-state index is 13.5. The van der Waals surface area contributed by atoms with Crippen LogP contribution in [0.1, 0.15) is 22.8 Å². The monoisotopic (exact) mass is 337 g/mol. The summed E-state index contributed by atoms with van der Waals surface area (Å²) in [5.41, 5.74) is 0.331. The molecule has 2 aromatic rings. The molecular weight excluding hydrogens is 321 g/mol. The van der Waals surface area contributed by atoms with Crippen LogP contribution in [0.5, 0.6) is 0 Å². The molecule has 0 atom stereocenters. The van der Waals surface area contributed by atoms with E-state index in [9.17, 15) is 17.6 Å². The summed E-state index contributed by atoms with van der Waals surface area (Å²) in [5.74, 6) is -1.19. The van der Waals surface area contributed by atoms with Crippen LogP contribution in [0.2, 0.25) is 0 Å². The number of sulfonamides is 1. The summed E-state index contributed by atoms with van der Waals surface area (Å²) >= 11 is 0. The molecule has 0 fully saturated rings. The SMILES string of the molecule is CCNS(=O)(=O)c1cccc(C(=O)OCc2ccccc2F)c1. The highest BCUT2D eigenvalue weighted by atomic mass is 32.2. The highest BCUT2D eigenvalue weighted by Crippen LogP contribution is 2.14. The molecule has 0 aliphatic carbocycles. The lowest BCUT2D eigenvalue weighted by Crippen LogP contribution is -2.23. The fourth-order valence-electron chi connectivity index (χ4n) is 1.91. The molecule has 0 aliphatic rings. The summed E-state index contributed by atoms with van der Waals surface area (Å²) in [6.45, 7) is 1.67. The van der Waals surface area contributed by atoms with Crippen LogP contribution in [-0.2, 0) is 21.4 Å². The van der Waals surface area contributed by atoms with Gasteiger partial charge in [-0.1, -0.05) is 31.2 Å². The number of nitrogens with one attached hydrogen (secondary N) is 1. The first kappa shape index (κ1) is 17.1. The van der Waals surface area contributed by atoms with Crippen LogP contribution in [0.3, 0.4) is 0 Å². The lowest BCUT2D eigenvalue weighted by Gasteiger charge is -2.08. The lowest BCUT2D eigenvalue weighted by atomic mass is 10.2. The normalized spacial score (nSPS) is 11.2. The zero-order chi connectivity index (χ0) is 16.9. The van der Waals surface area contributed by atoms with Crippen molar-refractivity contribution in [3.63, 3.8) is 0 Å². The molecular formula is C16H16FNO4S. The third kappa shape index (κ3) is 4.37. The molecule has 0 heterocycles.